The Bertz CT molecular complexity index is 1110. The zero-order valence-electron chi connectivity index (χ0n) is 19.8. The molecule has 1 saturated carbocycles. The van der Waals surface area contributed by atoms with E-state index in [1.807, 2.05) is 43.3 Å². The first-order chi connectivity index (χ1) is 16.6. The second-order valence-corrected chi connectivity index (χ2v) is 8.27. The number of hydrogen-bond donors (Lipinski definition) is 2. The second kappa shape index (κ2) is 11.3. The van der Waals surface area contributed by atoms with Gasteiger partial charge in [0.25, 0.3) is 0 Å². The third-order valence-electron chi connectivity index (χ3n) is 6.06. The summed E-state index contributed by atoms with van der Waals surface area (Å²) in [7, 11) is 1.61. The van der Waals surface area contributed by atoms with Gasteiger partial charge in [-0.1, -0.05) is 12.1 Å². The van der Waals surface area contributed by atoms with E-state index in [1.54, 1.807) is 7.11 Å². The molecule has 0 saturated heterocycles. The minimum Gasteiger partial charge on any atom is -0.494 e. The van der Waals surface area contributed by atoms with Gasteiger partial charge in [0.05, 0.1) is 43.3 Å². The number of ether oxygens (including phenoxy) is 4. The van der Waals surface area contributed by atoms with Crippen molar-refractivity contribution in [3.63, 3.8) is 0 Å². The summed E-state index contributed by atoms with van der Waals surface area (Å²) in [6, 6.07) is 14.2. The highest BCUT2D eigenvalue weighted by molar-refractivity contribution is 6.01. The van der Waals surface area contributed by atoms with Gasteiger partial charge < -0.3 is 29.2 Å². The van der Waals surface area contributed by atoms with Crippen LogP contribution in [0.1, 0.15) is 32.2 Å². The zero-order valence-corrected chi connectivity index (χ0v) is 19.8. The van der Waals surface area contributed by atoms with Gasteiger partial charge >= 0.3 is 6.09 Å². The summed E-state index contributed by atoms with van der Waals surface area (Å²) in [6.45, 7) is 4.08. The van der Waals surface area contributed by atoms with Crippen molar-refractivity contribution in [2.45, 2.75) is 32.2 Å². The van der Waals surface area contributed by atoms with E-state index in [1.165, 1.54) is 6.42 Å². The second-order valence-electron chi connectivity index (χ2n) is 8.27. The van der Waals surface area contributed by atoms with Crippen molar-refractivity contribution in [3.05, 3.63) is 42.5 Å². The van der Waals surface area contributed by atoms with E-state index in [2.05, 4.69) is 16.0 Å². The van der Waals surface area contributed by atoms with Crippen molar-refractivity contribution in [3.8, 4) is 17.0 Å². The van der Waals surface area contributed by atoms with Gasteiger partial charge in [0, 0.05) is 35.9 Å². The summed E-state index contributed by atoms with van der Waals surface area (Å²) >= 11 is 0. The Morgan fingerprint density at radius 1 is 1.09 bits per heavy atom. The molecular weight excluding hydrogens is 434 g/mol. The first kappa shape index (κ1) is 23.9. The Balaban J connectivity index is 1.50. The van der Waals surface area contributed by atoms with Crippen LogP contribution in [0.3, 0.4) is 0 Å². The Labute approximate surface area is 199 Å². The zero-order chi connectivity index (χ0) is 23.9. The number of methoxy groups -OCH3 is 1. The molecule has 8 heteroatoms. The van der Waals surface area contributed by atoms with E-state index in [-0.39, 0.29) is 6.61 Å². The van der Waals surface area contributed by atoms with Gasteiger partial charge in [0.1, 0.15) is 12.4 Å². The predicted octanol–water partition coefficient (Wildman–Crippen LogP) is 5.23. The van der Waals surface area contributed by atoms with Crippen LogP contribution in [0.4, 0.5) is 16.2 Å². The van der Waals surface area contributed by atoms with Crippen LogP contribution in [0.2, 0.25) is 0 Å². The molecule has 2 aromatic carbocycles. The maximum atomic E-state index is 12.1. The lowest BCUT2D eigenvalue weighted by molar-refractivity contribution is 0.0447. The minimum absolute atomic E-state index is 0.176. The Morgan fingerprint density at radius 3 is 2.53 bits per heavy atom. The molecule has 0 spiro atoms. The average molecular weight is 468 g/mol. The Kier molecular flexibility index (Phi) is 7.92. The molecule has 0 atom stereocenters. The van der Waals surface area contributed by atoms with Crippen LogP contribution in [0, 0.1) is 0 Å². The first-order valence-electron chi connectivity index (χ1n) is 11.8. The summed E-state index contributed by atoms with van der Waals surface area (Å²) < 4.78 is 23.4. The largest absolute Gasteiger partial charge is 0.494 e. The lowest BCUT2D eigenvalue weighted by Gasteiger charge is -2.30. The molecule has 0 radical (unpaired) electrons. The molecule has 0 aliphatic heterocycles. The third kappa shape index (κ3) is 5.29. The number of carbonyl (C=O) groups excluding carboxylic acids is 1. The first-order valence-corrected chi connectivity index (χ1v) is 11.8. The van der Waals surface area contributed by atoms with Crippen molar-refractivity contribution in [1.82, 2.24) is 4.57 Å². The van der Waals surface area contributed by atoms with Crippen molar-refractivity contribution in [1.29, 1.82) is 0 Å². The summed E-state index contributed by atoms with van der Waals surface area (Å²) in [5.74, 6) is 0.849. The fourth-order valence-corrected chi connectivity index (χ4v) is 4.19. The predicted molar refractivity (Wildman–Crippen MR) is 134 cm³/mol. The average Bonchev–Trinajstić information content (AvgIpc) is 3.07. The van der Waals surface area contributed by atoms with Gasteiger partial charge in [-0.05, 0) is 50.5 Å². The van der Waals surface area contributed by atoms with Gasteiger partial charge in [0.2, 0.25) is 0 Å². The number of nitrogens with two attached hydrogens (primary N) is 1. The van der Waals surface area contributed by atoms with Crippen molar-refractivity contribution in [2.75, 3.05) is 51.2 Å². The third-order valence-corrected chi connectivity index (χ3v) is 6.06. The highest BCUT2D eigenvalue weighted by Crippen LogP contribution is 2.44. The van der Waals surface area contributed by atoms with E-state index in [0.717, 1.165) is 46.4 Å². The fourth-order valence-electron chi connectivity index (χ4n) is 4.19. The van der Waals surface area contributed by atoms with Gasteiger partial charge in [-0.25, -0.2) is 4.79 Å². The number of benzene rings is 2. The van der Waals surface area contributed by atoms with Crippen molar-refractivity contribution < 1.29 is 23.7 Å². The molecule has 1 amide bonds. The van der Waals surface area contributed by atoms with E-state index in [0.29, 0.717) is 38.2 Å². The molecule has 4 rings (SSSR count). The van der Waals surface area contributed by atoms with Gasteiger partial charge in [-0.3, -0.25) is 5.32 Å². The lowest BCUT2D eigenvalue weighted by Crippen LogP contribution is -2.18. The molecule has 1 aliphatic rings. The number of amides is 1. The van der Waals surface area contributed by atoms with Gasteiger partial charge in [-0.15, -0.1) is 0 Å². The van der Waals surface area contributed by atoms with Crippen molar-refractivity contribution in [2.24, 2.45) is 0 Å². The maximum Gasteiger partial charge on any atom is 0.411 e. The van der Waals surface area contributed by atoms with Gasteiger partial charge in [-0.2, -0.15) is 0 Å². The molecule has 0 bridgehead atoms. The van der Waals surface area contributed by atoms with Crippen LogP contribution in [0.15, 0.2) is 42.5 Å². The number of nitrogens with one attached hydrogen (secondary N) is 1. The molecule has 8 nitrogen and oxygen atoms in total. The van der Waals surface area contributed by atoms with E-state index in [9.17, 15) is 4.79 Å². The maximum absolute atomic E-state index is 12.1. The molecular formula is C26H33N3O5. The molecule has 182 valence electrons. The van der Waals surface area contributed by atoms with Crippen LogP contribution in [0.25, 0.3) is 22.2 Å². The molecule has 1 aromatic heterocycles. The molecule has 1 aliphatic carbocycles. The number of anilines is 2. The number of fused-ring (bicyclic) bond motifs is 1. The van der Waals surface area contributed by atoms with Crippen molar-refractivity contribution >= 4 is 28.4 Å². The topological polar surface area (TPSA) is 97.0 Å². The molecule has 3 aromatic rings. The minimum atomic E-state index is -0.519. The monoisotopic (exact) mass is 467 g/mol. The number of rotatable bonds is 11. The fraction of sp³-hybridized carbons (Fsp3) is 0.423. The summed E-state index contributed by atoms with van der Waals surface area (Å²) in [5, 5.41) is 3.78. The smallest absolute Gasteiger partial charge is 0.411 e. The molecule has 1 heterocycles. The van der Waals surface area contributed by atoms with E-state index >= 15 is 0 Å². The Hall–Kier alpha value is -3.23. The number of carbonyl (C=O) groups is 1. The number of nitrogen functional groups attached to an aromatic ring is 1. The normalized spacial score (nSPS) is 13.6. The van der Waals surface area contributed by atoms with Crippen LogP contribution < -0.4 is 15.8 Å². The van der Waals surface area contributed by atoms with Crippen LogP contribution >= 0.6 is 0 Å². The Morgan fingerprint density at radius 2 is 1.85 bits per heavy atom. The molecule has 3 N–H and O–H groups in total. The standard InChI is InChI=1S/C26H33N3O5/c1-3-33-21-11-12-22-23(17-21)29(20-5-4-6-20)25(24(22)27)18-7-9-19(10-8-18)28-26(30)34-16-15-32-14-13-31-2/h7-12,17,20H,3-6,13-16,27H2,1-2H3,(H,28,30). The van der Waals surface area contributed by atoms with Crippen LogP contribution in [-0.4, -0.2) is 50.8 Å². The van der Waals surface area contributed by atoms with Crippen LogP contribution in [-0.2, 0) is 14.2 Å². The number of aromatic nitrogens is 1. The van der Waals surface area contributed by atoms with E-state index in [4.69, 9.17) is 24.7 Å². The molecule has 0 unspecified atom stereocenters. The highest BCUT2D eigenvalue weighted by atomic mass is 16.6. The highest BCUT2D eigenvalue weighted by Gasteiger charge is 2.27. The molecule has 1 fully saturated rings. The lowest BCUT2D eigenvalue weighted by atomic mass is 9.92. The number of nitrogens with zero attached hydrogens (tertiary/aromatic N) is 1. The number of hydrogen-bond acceptors (Lipinski definition) is 6. The SMILES string of the molecule is CCOc1ccc2c(N)c(-c3ccc(NC(=O)OCCOCCOC)cc3)n(C3CCC3)c2c1. The summed E-state index contributed by atoms with van der Waals surface area (Å²) in [4.78, 5) is 12.1. The van der Waals surface area contributed by atoms with Gasteiger partial charge in [0.15, 0.2) is 0 Å². The molecule has 34 heavy (non-hydrogen) atoms. The summed E-state index contributed by atoms with van der Waals surface area (Å²) in [5.41, 5.74) is 11.2. The summed E-state index contributed by atoms with van der Waals surface area (Å²) in [6.07, 6.45) is 2.97. The van der Waals surface area contributed by atoms with Crippen LogP contribution in [0.5, 0.6) is 5.75 Å². The quantitative estimate of drug-likeness (QED) is 0.375. The van der Waals surface area contributed by atoms with E-state index < -0.39 is 6.09 Å².